The van der Waals surface area contributed by atoms with Crippen LogP contribution in [-0.4, -0.2) is 15.9 Å². The highest BCUT2D eigenvalue weighted by molar-refractivity contribution is 5.94. The summed E-state index contributed by atoms with van der Waals surface area (Å²) >= 11 is 0. The van der Waals surface area contributed by atoms with Gasteiger partial charge in [-0.15, -0.1) is 0 Å². The van der Waals surface area contributed by atoms with E-state index in [4.69, 9.17) is 5.73 Å². The lowest BCUT2D eigenvalue weighted by Gasteiger charge is -2.07. The van der Waals surface area contributed by atoms with E-state index in [-0.39, 0.29) is 17.5 Å². The third-order valence-corrected chi connectivity index (χ3v) is 2.97. The van der Waals surface area contributed by atoms with E-state index in [1.807, 2.05) is 32.0 Å². The van der Waals surface area contributed by atoms with Crippen LogP contribution in [0.15, 0.2) is 41.5 Å². The molecule has 2 rings (SSSR count). The monoisotopic (exact) mass is 285 g/mol. The minimum atomic E-state index is -0.546. The first-order valence-corrected chi connectivity index (χ1v) is 6.25. The first-order chi connectivity index (χ1) is 9.97. The molecule has 0 radical (unpaired) electrons. The van der Waals surface area contributed by atoms with E-state index in [0.29, 0.717) is 0 Å². The van der Waals surface area contributed by atoms with Gasteiger partial charge in [-0.25, -0.2) is 4.98 Å². The molecule has 7 heteroatoms. The number of guanidine groups is 1. The molecule has 0 saturated heterocycles. The number of hydrogen-bond donors (Lipinski definition) is 2. The number of aliphatic imine (C=N–C) groups is 1. The molecule has 0 fully saturated rings. The van der Waals surface area contributed by atoms with Gasteiger partial charge in [0.25, 0.3) is 0 Å². The Kier molecular flexibility index (Phi) is 4.13. The summed E-state index contributed by atoms with van der Waals surface area (Å²) in [5, 5.41) is 13.8. The lowest BCUT2D eigenvalue weighted by Crippen LogP contribution is -2.22. The van der Waals surface area contributed by atoms with Crippen LogP contribution in [0.25, 0.3) is 0 Å². The fourth-order valence-electron chi connectivity index (χ4n) is 1.73. The average molecular weight is 285 g/mol. The van der Waals surface area contributed by atoms with E-state index in [1.54, 1.807) is 0 Å². The number of aromatic nitrogens is 1. The molecule has 1 aromatic carbocycles. The molecule has 0 atom stereocenters. The zero-order valence-corrected chi connectivity index (χ0v) is 11.7. The summed E-state index contributed by atoms with van der Waals surface area (Å²) in [5.74, 6) is 0.0105. The number of nitrogens with one attached hydrogen (secondary N) is 1. The fourth-order valence-corrected chi connectivity index (χ4v) is 1.73. The number of anilines is 1. The van der Waals surface area contributed by atoms with Crippen molar-refractivity contribution in [2.24, 2.45) is 10.7 Å². The molecule has 0 saturated carbocycles. The highest BCUT2D eigenvalue weighted by Crippen LogP contribution is 2.23. The van der Waals surface area contributed by atoms with E-state index in [1.165, 1.54) is 18.3 Å². The van der Waals surface area contributed by atoms with Crippen molar-refractivity contribution in [3.8, 4) is 0 Å². The maximum Gasteiger partial charge on any atom is 0.313 e. The van der Waals surface area contributed by atoms with Gasteiger partial charge in [0, 0.05) is 18.0 Å². The largest absolute Gasteiger partial charge is 0.369 e. The van der Waals surface area contributed by atoms with E-state index in [0.717, 1.165) is 16.8 Å². The normalized spacial score (nSPS) is 11.2. The molecule has 108 valence electrons. The van der Waals surface area contributed by atoms with Crippen LogP contribution in [-0.2, 0) is 0 Å². The van der Waals surface area contributed by atoms with Crippen LogP contribution in [0, 0.1) is 24.0 Å². The minimum Gasteiger partial charge on any atom is -0.369 e. The van der Waals surface area contributed by atoms with Crippen LogP contribution in [0.1, 0.15) is 11.1 Å². The third kappa shape index (κ3) is 3.53. The number of aryl methyl sites for hydroxylation is 2. The van der Waals surface area contributed by atoms with Gasteiger partial charge in [0.15, 0.2) is 5.96 Å². The molecule has 3 N–H and O–H groups in total. The molecule has 0 amide bonds. The van der Waals surface area contributed by atoms with Gasteiger partial charge >= 0.3 is 5.69 Å². The van der Waals surface area contributed by atoms with Gasteiger partial charge < -0.3 is 11.1 Å². The number of nitro groups is 1. The number of pyridine rings is 1. The second-order valence-corrected chi connectivity index (χ2v) is 4.52. The summed E-state index contributed by atoms with van der Waals surface area (Å²) in [6.07, 6.45) is 1.43. The van der Waals surface area contributed by atoms with Crippen LogP contribution in [0.3, 0.4) is 0 Å². The van der Waals surface area contributed by atoms with Crippen molar-refractivity contribution < 1.29 is 4.92 Å². The molecule has 0 bridgehead atoms. The van der Waals surface area contributed by atoms with Gasteiger partial charge in [-0.3, -0.25) is 10.1 Å². The summed E-state index contributed by atoms with van der Waals surface area (Å²) in [6.45, 7) is 3.99. The molecule has 0 aliphatic carbocycles. The molecule has 2 aromatic rings. The maximum absolute atomic E-state index is 10.9. The molecule has 21 heavy (non-hydrogen) atoms. The maximum atomic E-state index is 10.9. The lowest BCUT2D eigenvalue weighted by atomic mass is 10.1. The van der Waals surface area contributed by atoms with Crippen molar-refractivity contribution in [1.82, 2.24) is 4.98 Å². The summed E-state index contributed by atoms with van der Waals surface area (Å²) in [6, 6.07) is 8.54. The molecule has 0 unspecified atom stereocenters. The summed E-state index contributed by atoms with van der Waals surface area (Å²) in [7, 11) is 0. The fraction of sp³-hybridized carbons (Fsp3) is 0.143. The zero-order chi connectivity index (χ0) is 15.4. The Bertz CT molecular complexity index is 712. The molecule has 1 aromatic heterocycles. The van der Waals surface area contributed by atoms with Crippen molar-refractivity contribution in [3.63, 3.8) is 0 Å². The summed E-state index contributed by atoms with van der Waals surface area (Å²) in [4.78, 5) is 18.2. The van der Waals surface area contributed by atoms with Crippen molar-refractivity contribution in [3.05, 3.63) is 57.8 Å². The van der Waals surface area contributed by atoms with Crippen LogP contribution < -0.4 is 11.1 Å². The molecule has 1 heterocycles. The van der Waals surface area contributed by atoms with E-state index in [2.05, 4.69) is 15.3 Å². The highest BCUT2D eigenvalue weighted by Gasteiger charge is 2.13. The number of benzene rings is 1. The molecule has 0 aliphatic rings. The molecule has 7 nitrogen and oxygen atoms in total. The van der Waals surface area contributed by atoms with Gasteiger partial charge in [0.1, 0.15) is 0 Å². The smallest absolute Gasteiger partial charge is 0.313 e. The Labute approximate surface area is 121 Å². The van der Waals surface area contributed by atoms with E-state index >= 15 is 0 Å². The number of nitrogens with zero attached hydrogens (tertiary/aromatic N) is 3. The quantitative estimate of drug-likeness (QED) is 0.390. The second-order valence-electron chi connectivity index (χ2n) is 4.52. The van der Waals surface area contributed by atoms with Crippen LogP contribution in [0.5, 0.6) is 0 Å². The Balaban J connectivity index is 2.25. The molecular formula is C14H15N5O2. The molecular weight excluding hydrogens is 270 g/mol. The molecule has 0 spiro atoms. The van der Waals surface area contributed by atoms with Gasteiger partial charge in [0.05, 0.1) is 4.92 Å². The van der Waals surface area contributed by atoms with Crippen molar-refractivity contribution in [2.75, 3.05) is 5.32 Å². The number of rotatable bonds is 3. The van der Waals surface area contributed by atoms with Crippen molar-refractivity contribution in [2.45, 2.75) is 13.8 Å². The summed E-state index contributed by atoms with van der Waals surface area (Å²) < 4.78 is 0. The lowest BCUT2D eigenvalue weighted by molar-refractivity contribution is -0.384. The van der Waals surface area contributed by atoms with Crippen LogP contribution >= 0.6 is 0 Å². The van der Waals surface area contributed by atoms with Crippen LogP contribution in [0.2, 0.25) is 0 Å². The third-order valence-electron chi connectivity index (χ3n) is 2.97. The van der Waals surface area contributed by atoms with Crippen molar-refractivity contribution in [1.29, 1.82) is 0 Å². The Hall–Kier alpha value is -2.96. The topological polar surface area (TPSA) is 106 Å². The molecule has 0 aliphatic heterocycles. The van der Waals surface area contributed by atoms with Gasteiger partial charge in [-0.1, -0.05) is 6.07 Å². The van der Waals surface area contributed by atoms with Crippen molar-refractivity contribution >= 4 is 23.2 Å². The zero-order valence-electron chi connectivity index (χ0n) is 11.7. The van der Waals surface area contributed by atoms with Gasteiger partial charge in [-0.05, 0) is 43.2 Å². The SMILES string of the molecule is Cc1ccc(N/C(N)=N/c2ncccc2[N+](=O)[O-])cc1C. The Morgan fingerprint density at radius 2 is 2.10 bits per heavy atom. The Morgan fingerprint density at radius 1 is 1.33 bits per heavy atom. The summed E-state index contributed by atoms with van der Waals surface area (Å²) in [5.41, 5.74) is 8.61. The predicted octanol–water partition coefficient (Wildman–Crippen LogP) is 2.66. The number of nitrogens with two attached hydrogens (primary N) is 1. The standard InChI is InChI=1S/C14H15N5O2/c1-9-5-6-11(8-10(9)2)17-14(15)18-13-12(19(20)21)4-3-7-16-13/h3-8H,1-2H3,(H3,15,16,17,18). The van der Waals surface area contributed by atoms with E-state index in [9.17, 15) is 10.1 Å². The van der Waals surface area contributed by atoms with Crippen LogP contribution in [0.4, 0.5) is 17.2 Å². The average Bonchev–Trinajstić information content (AvgIpc) is 2.43. The first-order valence-electron chi connectivity index (χ1n) is 6.25. The first kappa shape index (κ1) is 14.4. The predicted molar refractivity (Wildman–Crippen MR) is 81.7 cm³/mol. The second kappa shape index (κ2) is 6.00. The van der Waals surface area contributed by atoms with Gasteiger partial charge in [0.2, 0.25) is 5.82 Å². The highest BCUT2D eigenvalue weighted by atomic mass is 16.6. The Morgan fingerprint density at radius 3 is 2.76 bits per heavy atom. The minimum absolute atomic E-state index is 0.0312. The van der Waals surface area contributed by atoms with E-state index < -0.39 is 4.92 Å². The van der Waals surface area contributed by atoms with Gasteiger partial charge in [-0.2, -0.15) is 4.99 Å². The number of hydrogen-bond acceptors (Lipinski definition) is 4.